The van der Waals surface area contributed by atoms with Crippen LogP contribution in [0.1, 0.15) is 24.5 Å². The molecule has 7 heteroatoms. The fraction of sp³-hybridized carbons (Fsp3) is 0.231. The van der Waals surface area contributed by atoms with Crippen molar-refractivity contribution in [2.45, 2.75) is 31.9 Å². The number of alkyl halides is 5. The van der Waals surface area contributed by atoms with Crippen LogP contribution in [0.2, 0.25) is 0 Å². The van der Waals surface area contributed by atoms with E-state index in [0.29, 0.717) is 23.9 Å². The van der Waals surface area contributed by atoms with Crippen molar-refractivity contribution in [3.63, 3.8) is 0 Å². The molecule has 0 N–H and O–H groups in total. The summed E-state index contributed by atoms with van der Waals surface area (Å²) in [7, 11) is 0. The van der Waals surface area contributed by atoms with Crippen molar-refractivity contribution < 1.29 is 31.4 Å². The molecule has 3 aromatic rings. The quantitative estimate of drug-likeness (QED) is 0.299. The average molecular weight is 462 g/mol. The van der Waals surface area contributed by atoms with Crippen LogP contribution in [0.25, 0.3) is 5.57 Å². The second-order valence-corrected chi connectivity index (χ2v) is 7.25. The monoisotopic (exact) mass is 462 g/mol. The van der Waals surface area contributed by atoms with Crippen LogP contribution >= 0.6 is 0 Å². The molecule has 0 fully saturated rings. The topological polar surface area (TPSA) is 18.5 Å². The largest absolute Gasteiger partial charge is 0.494 e. The van der Waals surface area contributed by atoms with Crippen LogP contribution in [0.15, 0.2) is 84.9 Å². The van der Waals surface area contributed by atoms with Gasteiger partial charge < -0.3 is 9.47 Å². The molecule has 0 atom stereocenters. The van der Waals surface area contributed by atoms with Gasteiger partial charge in [0.15, 0.2) is 0 Å². The number of ether oxygens (including phenoxy) is 2. The Balaban J connectivity index is 1.80. The molecule has 0 aromatic heterocycles. The van der Waals surface area contributed by atoms with Gasteiger partial charge in [-0.2, -0.15) is 22.0 Å². The van der Waals surface area contributed by atoms with E-state index in [2.05, 4.69) is 0 Å². The smallest absolute Gasteiger partial charge is 0.458 e. The van der Waals surface area contributed by atoms with Gasteiger partial charge in [0.2, 0.25) is 0 Å². The highest BCUT2D eigenvalue weighted by molar-refractivity contribution is 5.72. The van der Waals surface area contributed by atoms with Crippen LogP contribution in [-0.4, -0.2) is 18.7 Å². The first-order chi connectivity index (χ1) is 15.7. The van der Waals surface area contributed by atoms with E-state index in [0.717, 1.165) is 11.6 Å². The zero-order chi connectivity index (χ0) is 23.9. The summed E-state index contributed by atoms with van der Waals surface area (Å²) in [5, 5.41) is 0. The second kappa shape index (κ2) is 10.5. The SMILES string of the molecule is CCOc1ccc(C(=CCCc2cccc(Oc3ccccc3)c2)C(F)(F)C(F)(F)F)cc1. The van der Waals surface area contributed by atoms with Gasteiger partial charge in [-0.1, -0.05) is 48.5 Å². The molecular weight excluding hydrogens is 439 g/mol. The van der Waals surface area contributed by atoms with Crippen LogP contribution in [0, 0.1) is 0 Å². The highest BCUT2D eigenvalue weighted by Crippen LogP contribution is 2.45. The van der Waals surface area contributed by atoms with Crippen LogP contribution in [-0.2, 0) is 6.42 Å². The van der Waals surface area contributed by atoms with Crippen molar-refractivity contribution in [1.82, 2.24) is 0 Å². The number of para-hydroxylation sites is 1. The summed E-state index contributed by atoms with van der Waals surface area (Å²) in [6, 6.07) is 21.3. The predicted octanol–water partition coefficient (Wildman–Crippen LogP) is 8.09. The molecule has 0 aliphatic heterocycles. The van der Waals surface area contributed by atoms with E-state index in [1.807, 2.05) is 18.2 Å². The van der Waals surface area contributed by atoms with E-state index in [-0.39, 0.29) is 18.4 Å². The Labute approximate surface area is 189 Å². The van der Waals surface area contributed by atoms with E-state index in [1.165, 1.54) is 24.3 Å². The van der Waals surface area contributed by atoms with E-state index in [4.69, 9.17) is 9.47 Å². The zero-order valence-corrected chi connectivity index (χ0v) is 17.9. The summed E-state index contributed by atoms with van der Waals surface area (Å²) >= 11 is 0. The molecule has 0 aliphatic carbocycles. The summed E-state index contributed by atoms with van der Waals surface area (Å²) in [5.41, 5.74) is -0.530. The first kappa shape index (κ1) is 24.3. The molecule has 0 saturated carbocycles. The maximum Gasteiger partial charge on any atom is 0.458 e. The molecule has 2 nitrogen and oxygen atoms in total. The molecule has 3 rings (SSSR count). The number of hydrogen-bond acceptors (Lipinski definition) is 2. The number of aryl methyl sites for hydroxylation is 1. The molecule has 0 unspecified atom stereocenters. The Morgan fingerprint density at radius 3 is 2.09 bits per heavy atom. The second-order valence-electron chi connectivity index (χ2n) is 7.25. The molecule has 0 amide bonds. The first-order valence-corrected chi connectivity index (χ1v) is 10.4. The Morgan fingerprint density at radius 1 is 0.788 bits per heavy atom. The molecule has 174 valence electrons. The van der Waals surface area contributed by atoms with Crippen molar-refractivity contribution in [2.75, 3.05) is 6.61 Å². The summed E-state index contributed by atoms with van der Waals surface area (Å²) in [6.07, 6.45) is -4.50. The Hall–Kier alpha value is -3.35. The third-order valence-electron chi connectivity index (χ3n) is 4.83. The fourth-order valence-corrected chi connectivity index (χ4v) is 3.25. The molecular formula is C26H23F5O2. The maximum atomic E-state index is 14.3. The summed E-state index contributed by atoms with van der Waals surface area (Å²) < 4.78 is 79.1. The zero-order valence-electron chi connectivity index (χ0n) is 17.9. The van der Waals surface area contributed by atoms with Gasteiger partial charge >= 0.3 is 12.1 Å². The summed E-state index contributed by atoms with van der Waals surface area (Å²) in [6.45, 7) is 2.10. The number of allylic oxidation sites excluding steroid dienone is 2. The standard InChI is InChI=1S/C26H23F5O2/c1-2-32-21-16-14-20(15-17-21)24(25(27,28)26(29,30)31)13-7-9-19-8-6-12-23(18-19)33-22-10-4-3-5-11-22/h3-6,8,10-18H,2,7,9H2,1H3. The van der Waals surface area contributed by atoms with Crippen LogP contribution in [0.3, 0.4) is 0 Å². The molecule has 0 heterocycles. The van der Waals surface area contributed by atoms with Gasteiger partial charge in [-0.3, -0.25) is 0 Å². The highest BCUT2D eigenvalue weighted by Gasteiger charge is 2.60. The third kappa shape index (κ3) is 6.34. The lowest BCUT2D eigenvalue weighted by Gasteiger charge is -2.23. The van der Waals surface area contributed by atoms with Gasteiger partial charge in [-0.15, -0.1) is 0 Å². The van der Waals surface area contributed by atoms with Gasteiger partial charge in [0.25, 0.3) is 0 Å². The van der Waals surface area contributed by atoms with Gasteiger partial charge in [0.05, 0.1) is 6.61 Å². The Bertz CT molecular complexity index is 1060. The Kier molecular flexibility index (Phi) is 7.74. The minimum atomic E-state index is -5.71. The van der Waals surface area contributed by atoms with E-state index < -0.39 is 17.7 Å². The van der Waals surface area contributed by atoms with E-state index in [1.54, 1.807) is 43.3 Å². The lowest BCUT2D eigenvalue weighted by molar-refractivity contribution is -0.254. The van der Waals surface area contributed by atoms with Crippen LogP contribution in [0.5, 0.6) is 17.2 Å². The molecule has 0 spiro atoms. The number of benzene rings is 3. The van der Waals surface area contributed by atoms with Gasteiger partial charge in [0, 0.05) is 5.57 Å². The molecule has 3 aromatic carbocycles. The van der Waals surface area contributed by atoms with Crippen molar-refractivity contribution in [1.29, 1.82) is 0 Å². The van der Waals surface area contributed by atoms with Gasteiger partial charge in [0.1, 0.15) is 17.2 Å². The number of rotatable bonds is 9. The number of halogens is 5. The first-order valence-electron chi connectivity index (χ1n) is 10.4. The lowest BCUT2D eigenvalue weighted by Crippen LogP contribution is -2.37. The minimum absolute atomic E-state index is 0.0109. The molecule has 0 saturated heterocycles. The minimum Gasteiger partial charge on any atom is -0.494 e. The summed E-state index contributed by atoms with van der Waals surface area (Å²) in [5.74, 6) is -3.41. The molecule has 0 radical (unpaired) electrons. The summed E-state index contributed by atoms with van der Waals surface area (Å²) in [4.78, 5) is 0. The third-order valence-corrected chi connectivity index (χ3v) is 4.83. The van der Waals surface area contributed by atoms with Crippen molar-refractivity contribution in [2.24, 2.45) is 0 Å². The van der Waals surface area contributed by atoms with Crippen LogP contribution < -0.4 is 9.47 Å². The predicted molar refractivity (Wildman–Crippen MR) is 118 cm³/mol. The van der Waals surface area contributed by atoms with Crippen molar-refractivity contribution >= 4 is 5.57 Å². The van der Waals surface area contributed by atoms with Gasteiger partial charge in [-0.25, -0.2) is 0 Å². The van der Waals surface area contributed by atoms with Crippen molar-refractivity contribution in [3.05, 3.63) is 96.1 Å². The molecule has 0 bridgehead atoms. The highest BCUT2D eigenvalue weighted by atomic mass is 19.4. The Morgan fingerprint density at radius 2 is 1.45 bits per heavy atom. The average Bonchev–Trinajstić information content (AvgIpc) is 2.78. The van der Waals surface area contributed by atoms with Crippen molar-refractivity contribution in [3.8, 4) is 17.2 Å². The fourth-order valence-electron chi connectivity index (χ4n) is 3.25. The van der Waals surface area contributed by atoms with E-state index >= 15 is 0 Å². The lowest BCUT2D eigenvalue weighted by atomic mass is 9.96. The molecule has 0 aliphatic rings. The normalized spacial score (nSPS) is 12.5. The number of hydrogen-bond donors (Lipinski definition) is 0. The maximum absolute atomic E-state index is 14.3. The molecule has 33 heavy (non-hydrogen) atoms. The van der Waals surface area contributed by atoms with Gasteiger partial charge in [-0.05, 0) is 67.3 Å². The van der Waals surface area contributed by atoms with Crippen LogP contribution in [0.4, 0.5) is 22.0 Å². The van der Waals surface area contributed by atoms with E-state index in [9.17, 15) is 22.0 Å².